The van der Waals surface area contributed by atoms with Crippen molar-refractivity contribution in [1.29, 1.82) is 0 Å². The van der Waals surface area contributed by atoms with E-state index in [2.05, 4.69) is 52.9 Å². The molecule has 3 aromatic rings. The fourth-order valence-corrected chi connectivity index (χ4v) is 3.31. The van der Waals surface area contributed by atoms with Crippen LogP contribution in [0, 0.1) is 0 Å². The van der Waals surface area contributed by atoms with Crippen molar-refractivity contribution in [3.63, 3.8) is 0 Å². The molecule has 0 aliphatic carbocycles. The largest absolute Gasteiger partial charge is 0.298 e. The topological polar surface area (TPSA) is 15.3 Å². The summed E-state index contributed by atoms with van der Waals surface area (Å²) in [6, 6.07) is 26.1. The van der Waals surface area contributed by atoms with Crippen LogP contribution >= 0.6 is 23.2 Å². The van der Waals surface area contributed by atoms with Gasteiger partial charge in [0.25, 0.3) is 0 Å². The normalized spacial score (nSPS) is 16.4. The van der Waals surface area contributed by atoms with E-state index < -0.39 is 0 Å². The quantitative estimate of drug-likeness (QED) is 0.533. The van der Waals surface area contributed by atoms with Crippen molar-refractivity contribution in [3.05, 3.63) is 118 Å². The molecule has 1 heterocycles. The Morgan fingerprint density at radius 2 is 1.37 bits per heavy atom. The van der Waals surface area contributed by atoms with Crippen LogP contribution in [0.2, 0.25) is 10.0 Å². The second kappa shape index (κ2) is 7.91. The van der Waals surface area contributed by atoms with Gasteiger partial charge < -0.3 is 0 Å². The number of anilines is 1. The molecule has 0 fully saturated rings. The first-order chi connectivity index (χ1) is 13.2. The highest BCUT2D eigenvalue weighted by Gasteiger charge is 2.25. The average molecular weight is 393 g/mol. The van der Waals surface area contributed by atoms with Crippen molar-refractivity contribution >= 4 is 35.0 Å². The summed E-state index contributed by atoms with van der Waals surface area (Å²) in [5, 5.41) is 3.64. The van der Waals surface area contributed by atoms with Gasteiger partial charge in [-0.1, -0.05) is 71.7 Å². The Labute approximate surface area is 169 Å². The van der Waals surface area contributed by atoms with Gasteiger partial charge in [-0.2, -0.15) is 0 Å². The summed E-state index contributed by atoms with van der Waals surface area (Å²) in [5.74, 6) is 0. The summed E-state index contributed by atoms with van der Waals surface area (Å²) in [4.78, 5) is 0. The highest BCUT2D eigenvalue weighted by atomic mass is 35.5. The van der Waals surface area contributed by atoms with E-state index in [-0.39, 0.29) is 6.04 Å². The number of hydrogen-bond donors (Lipinski definition) is 1. The molecule has 4 heteroatoms. The third-order valence-corrected chi connectivity index (χ3v) is 4.94. The van der Waals surface area contributed by atoms with Crippen molar-refractivity contribution in [1.82, 2.24) is 5.43 Å². The minimum absolute atomic E-state index is 0.0783. The van der Waals surface area contributed by atoms with Gasteiger partial charge in [0, 0.05) is 10.0 Å². The van der Waals surface area contributed by atoms with Crippen molar-refractivity contribution in [2.24, 2.45) is 0 Å². The third-order valence-electron chi connectivity index (χ3n) is 4.44. The minimum Gasteiger partial charge on any atom is -0.298 e. The van der Waals surface area contributed by atoms with Crippen LogP contribution in [0.25, 0.3) is 6.08 Å². The number of hydrogen-bond acceptors (Lipinski definition) is 2. The predicted octanol–water partition coefficient (Wildman–Crippen LogP) is 6.66. The van der Waals surface area contributed by atoms with E-state index >= 15 is 0 Å². The van der Waals surface area contributed by atoms with Crippen LogP contribution in [-0.2, 0) is 0 Å². The zero-order chi connectivity index (χ0) is 18.6. The standard InChI is InChI=1S/C23H18Cl2N2/c24-19-11-6-17(7-12-19)8-15-21-16-23(18-9-13-20(25)14-10-18)27(26-21)22-4-2-1-3-5-22/h1-16,23,26H. The molecular weight excluding hydrogens is 375 g/mol. The Kier molecular flexibility index (Phi) is 5.19. The van der Waals surface area contributed by atoms with Gasteiger partial charge in [-0.05, 0) is 59.7 Å². The van der Waals surface area contributed by atoms with Gasteiger partial charge in [0.1, 0.15) is 0 Å². The van der Waals surface area contributed by atoms with Gasteiger partial charge in [-0.3, -0.25) is 10.4 Å². The molecule has 0 amide bonds. The highest BCUT2D eigenvalue weighted by molar-refractivity contribution is 6.30. The van der Waals surface area contributed by atoms with Gasteiger partial charge in [-0.15, -0.1) is 0 Å². The van der Waals surface area contributed by atoms with Gasteiger partial charge in [0.2, 0.25) is 0 Å². The molecular formula is C23H18Cl2N2. The molecule has 0 aromatic heterocycles. The molecule has 0 radical (unpaired) electrons. The first-order valence-electron chi connectivity index (χ1n) is 8.71. The summed E-state index contributed by atoms with van der Waals surface area (Å²) in [6.45, 7) is 0. The van der Waals surface area contributed by atoms with Crippen molar-refractivity contribution in [2.45, 2.75) is 6.04 Å². The van der Waals surface area contributed by atoms with Gasteiger partial charge >= 0.3 is 0 Å². The maximum Gasteiger partial charge on any atom is 0.0958 e. The second-order valence-electron chi connectivity index (χ2n) is 6.32. The summed E-state index contributed by atoms with van der Waals surface area (Å²) in [6.07, 6.45) is 6.36. The number of rotatable bonds is 4. The van der Waals surface area contributed by atoms with E-state index in [1.165, 1.54) is 5.56 Å². The lowest BCUT2D eigenvalue weighted by atomic mass is 10.1. The molecule has 27 heavy (non-hydrogen) atoms. The summed E-state index contributed by atoms with van der Waals surface area (Å²) < 4.78 is 0. The lowest BCUT2D eigenvalue weighted by Crippen LogP contribution is -2.33. The van der Waals surface area contributed by atoms with E-state index in [1.54, 1.807) is 0 Å². The molecule has 0 bridgehead atoms. The third kappa shape index (κ3) is 4.19. The predicted molar refractivity (Wildman–Crippen MR) is 115 cm³/mol. The number of hydrazine groups is 1. The monoisotopic (exact) mass is 392 g/mol. The summed E-state index contributed by atoms with van der Waals surface area (Å²) in [7, 11) is 0. The van der Waals surface area contributed by atoms with Crippen LogP contribution in [-0.4, -0.2) is 0 Å². The zero-order valence-electron chi connectivity index (χ0n) is 14.5. The Hall–Kier alpha value is -2.68. The van der Waals surface area contributed by atoms with E-state index in [0.29, 0.717) is 0 Å². The maximum absolute atomic E-state index is 6.06. The summed E-state index contributed by atoms with van der Waals surface area (Å²) >= 11 is 12.0. The van der Waals surface area contributed by atoms with Crippen molar-refractivity contribution in [2.75, 3.05) is 5.01 Å². The molecule has 2 nitrogen and oxygen atoms in total. The maximum atomic E-state index is 6.06. The van der Waals surface area contributed by atoms with E-state index in [4.69, 9.17) is 23.2 Å². The molecule has 1 aliphatic heterocycles. The number of para-hydroxylation sites is 1. The van der Waals surface area contributed by atoms with E-state index in [1.807, 2.05) is 54.6 Å². The molecule has 1 atom stereocenters. The smallest absolute Gasteiger partial charge is 0.0958 e. The van der Waals surface area contributed by atoms with Crippen LogP contribution in [0.4, 0.5) is 5.69 Å². The van der Waals surface area contributed by atoms with Crippen molar-refractivity contribution < 1.29 is 0 Å². The molecule has 0 saturated carbocycles. The molecule has 0 spiro atoms. The number of halogens is 2. The Bertz CT molecular complexity index is 962. The fourth-order valence-electron chi connectivity index (χ4n) is 3.06. The molecule has 1 N–H and O–H groups in total. The Morgan fingerprint density at radius 1 is 0.741 bits per heavy atom. The number of benzene rings is 3. The van der Waals surface area contributed by atoms with E-state index in [0.717, 1.165) is 27.0 Å². The highest BCUT2D eigenvalue weighted by Crippen LogP contribution is 2.32. The van der Waals surface area contributed by atoms with Gasteiger partial charge in [0.05, 0.1) is 17.4 Å². The first kappa shape index (κ1) is 17.7. The van der Waals surface area contributed by atoms with Crippen LogP contribution < -0.4 is 10.4 Å². The van der Waals surface area contributed by atoms with E-state index in [9.17, 15) is 0 Å². The van der Waals surface area contributed by atoms with Crippen LogP contribution in [0.1, 0.15) is 17.2 Å². The van der Waals surface area contributed by atoms with Crippen LogP contribution in [0.5, 0.6) is 0 Å². The molecule has 0 saturated heterocycles. The van der Waals surface area contributed by atoms with Gasteiger partial charge in [0.15, 0.2) is 0 Å². The Morgan fingerprint density at radius 3 is 2.04 bits per heavy atom. The molecule has 134 valence electrons. The molecule has 4 rings (SSSR count). The van der Waals surface area contributed by atoms with Gasteiger partial charge in [-0.25, -0.2) is 0 Å². The fraction of sp³-hybridized carbons (Fsp3) is 0.0435. The number of nitrogens with zero attached hydrogens (tertiary/aromatic N) is 1. The SMILES string of the molecule is Clc1ccc(C=CC2=CC(c3ccc(Cl)cc3)N(c3ccccc3)N2)cc1. The lowest BCUT2D eigenvalue weighted by Gasteiger charge is -2.27. The zero-order valence-corrected chi connectivity index (χ0v) is 16.0. The number of nitrogens with one attached hydrogen (secondary N) is 1. The number of allylic oxidation sites excluding steroid dienone is 1. The molecule has 1 aliphatic rings. The van der Waals surface area contributed by atoms with Crippen LogP contribution in [0.15, 0.2) is 96.7 Å². The lowest BCUT2D eigenvalue weighted by molar-refractivity contribution is 0.710. The molecule has 3 aromatic carbocycles. The van der Waals surface area contributed by atoms with Crippen LogP contribution in [0.3, 0.4) is 0 Å². The van der Waals surface area contributed by atoms with Crippen molar-refractivity contribution in [3.8, 4) is 0 Å². The first-order valence-corrected chi connectivity index (χ1v) is 9.46. The minimum atomic E-state index is 0.0783. The summed E-state index contributed by atoms with van der Waals surface area (Å²) in [5.41, 5.74) is 7.91. The molecule has 1 unspecified atom stereocenters. The Balaban J connectivity index is 1.63. The second-order valence-corrected chi connectivity index (χ2v) is 7.19. The average Bonchev–Trinajstić information content (AvgIpc) is 3.13.